The Morgan fingerprint density at radius 2 is 2.31 bits per heavy atom. The molecule has 0 spiro atoms. The maximum absolute atomic E-state index is 10.6. The summed E-state index contributed by atoms with van der Waals surface area (Å²) in [5.41, 5.74) is 6.97. The van der Waals surface area contributed by atoms with Crippen LogP contribution in [0.3, 0.4) is 0 Å². The number of hydrogen-bond donors (Lipinski definition) is 2. The molecule has 1 unspecified atom stereocenters. The van der Waals surface area contributed by atoms with Crippen LogP contribution in [0.25, 0.3) is 5.57 Å². The zero-order valence-corrected chi connectivity index (χ0v) is 9.14. The molecule has 0 fully saturated rings. The predicted octanol–water partition coefficient (Wildman–Crippen LogP) is 1.51. The van der Waals surface area contributed by atoms with Crippen molar-refractivity contribution in [1.82, 2.24) is 0 Å². The summed E-state index contributed by atoms with van der Waals surface area (Å²) in [5, 5.41) is 8.69. The average molecular weight is 221 g/mol. The van der Waals surface area contributed by atoms with Gasteiger partial charge in [0.1, 0.15) is 11.8 Å². The van der Waals surface area contributed by atoms with Crippen molar-refractivity contribution in [3.05, 3.63) is 36.4 Å². The normalized spacial score (nSPS) is 11.9. The minimum atomic E-state index is -1.02. The van der Waals surface area contributed by atoms with Gasteiger partial charge in [0.2, 0.25) is 0 Å². The van der Waals surface area contributed by atoms with Crippen LogP contribution in [0, 0.1) is 0 Å². The van der Waals surface area contributed by atoms with E-state index < -0.39 is 12.0 Å². The first-order valence-electron chi connectivity index (χ1n) is 4.85. The fraction of sp³-hybridized carbons (Fsp3) is 0.250. The standard InChI is InChI=1S/C12H15NO3/c1-8(6-11(13)12(14)15)9-4-3-5-10(7-9)16-2/h3-5,7,11H,1,6,13H2,2H3,(H,14,15). The van der Waals surface area contributed by atoms with E-state index in [0.29, 0.717) is 11.3 Å². The molecule has 1 aromatic carbocycles. The van der Waals surface area contributed by atoms with Crippen LogP contribution in [0.1, 0.15) is 12.0 Å². The Morgan fingerprint density at radius 1 is 1.62 bits per heavy atom. The molecule has 0 aliphatic rings. The van der Waals surface area contributed by atoms with Crippen molar-refractivity contribution in [2.24, 2.45) is 5.73 Å². The molecule has 0 aliphatic carbocycles. The molecule has 4 heteroatoms. The number of rotatable bonds is 5. The maximum Gasteiger partial charge on any atom is 0.320 e. The van der Waals surface area contributed by atoms with Gasteiger partial charge in [-0.2, -0.15) is 0 Å². The molecule has 0 aliphatic heterocycles. The Hall–Kier alpha value is -1.81. The Balaban J connectivity index is 2.76. The van der Waals surface area contributed by atoms with Crippen LogP contribution in [-0.2, 0) is 4.79 Å². The summed E-state index contributed by atoms with van der Waals surface area (Å²) in [4.78, 5) is 10.6. The van der Waals surface area contributed by atoms with Crippen LogP contribution in [0.2, 0.25) is 0 Å². The van der Waals surface area contributed by atoms with Crippen molar-refractivity contribution in [3.8, 4) is 5.75 Å². The Bertz CT molecular complexity index is 401. The van der Waals surface area contributed by atoms with Crippen LogP contribution < -0.4 is 10.5 Å². The monoisotopic (exact) mass is 221 g/mol. The molecule has 0 bridgehead atoms. The number of nitrogens with two attached hydrogens (primary N) is 1. The highest BCUT2D eigenvalue weighted by Crippen LogP contribution is 2.21. The molecule has 0 saturated carbocycles. The molecule has 16 heavy (non-hydrogen) atoms. The minimum absolute atomic E-state index is 0.225. The molecule has 0 saturated heterocycles. The van der Waals surface area contributed by atoms with Crippen molar-refractivity contribution in [2.45, 2.75) is 12.5 Å². The van der Waals surface area contributed by atoms with E-state index >= 15 is 0 Å². The van der Waals surface area contributed by atoms with Gasteiger partial charge < -0.3 is 15.6 Å². The second-order valence-corrected chi connectivity index (χ2v) is 3.48. The van der Waals surface area contributed by atoms with Crippen LogP contribution >= 0.6 is 0 Å². The zero-order chi connectivity index (χ0) is 12.1. The minimum Gasteiger partial charge on any atom is -0.497 e. The van der Waals surface area contributed by atoms with Crippen molar-refractivity contribution in [2.75, 3.05) is 7.11 Å². The van der Waals surface area contributed by atoms with E-state index in [1.807, 2.05) is 18.2 Å². The largest absolute Gasteiger partial charge is 0.497 e. The van der Waals surface area contributed by atoms with E-state index in [0.717, 1.165) is 5.56 Å². The lowest BCUT2D eigenvalue weighted by Gasteiger charge is -2.10. The summed E-state index contributed by atoms with van der Waals surface area (Å²) in [6.07, 6.45) is 0.225. The van der Waals surface area contributed by atoms with Gasteiger partial charge in [-0.15, -0.1) is 0 Å². The number of carbonyl (C=O) groups is 1. The fourth-order valence-corrected chi connectivity index (χ4v) is 1.31. The van der Waals surface area contributed by atoms with E-state index in [1.54, 1.807) is 13.2 Å². The van der Waals surface area contributed by atoms with Crippen molar-refractivity contribution >= 4 is 11.5 Å². The number of carboxylic acids is 1. The first kappa shape index (κ1) is 12.3. The average Bonchev–Trinajstić information content (AvgIpc) is 2.28. The summed E-state index contributed by atoms with van der Waals surface area (Å²) in [5.74, 6) is -0.313. The number of methoxy groups -OCH3 is 1. The molecule has 1 atom stereocenters. The number of carboxylic acid groups (broad SMARTS) is 1. The zero-order valence-electron chi connectivity index (χ0n) is 9.14. The van der Waals surface area contributed by atoms with E-state index in [2.05, 4.69) is 6.58 Å². The first-order valence-corrected chi connectivity index (χ1v) is 4.85. The number of ether oxygens (including phenoxy) is 1. The topological polar surface area (TPSA) is 72.6 Å². The van der Waals surface area contributed by atoms with Gasteiger partial charge >= 0.3 is 5.97 Å². The van der Waals surface area contributed by atoms with Crippen LogP contribution in [-0.4, -0.2) is 24.2 Å². The number of aliphatic carboxylic acids is 1. The molecular formula is C12H15NO3. The van der Waals surface area contributed by atoms with Crippen molar-refractivity contribution < 1.29 is 14.6 Å². The second-order valence-electron chi connectivity index (χ2n) is 3.48. The Kier molecular flexibility index (Phi) is 4.08. The molecular weight excluding hydrogens is 206 g/mol. The van der Waals surface area contributed by atoms with Crippen LogP contribution in [0.15, 0.2) is 30.8 Å². The van der Waals surface area contributed by atoms with E-state index in [-0.39, 0.29) is 6.42 Å². The molecule has 0 radical (unpaired) electrons. The summed E-state index contributed by atoms with van der Waals surface area (Å²) >= 11 is 0. The van der Waals surface area contributed by atoms with Gasteiger partial charge in [-0.25, -0.2) is 0 Å². The maximum atomic E-state index is 10.6. The molecule has 1 aromatic rings. The predicted molar refractivity (Wildman–Crippen MR) is 62.3 cm³/mol. The number of hydrogen-bond acceptors (Lipinski definition) is 3. The lowest BCUT2D eigenvalue weighted by Crippen LogP contribution is -2.30. The molecule has 0 aromatic heterocycles. The highest BCUT2D eigenvalue weighted by molar-refractivity contribution is 5.77. The third kappa shape index (κ3) is 3.10. The van der Waals surface area contributed by atoms with E-state index in [9.17, 15) is 4.79 Å². The van der Waals surface area contributed by atoms with Crippen LogP contribution in [0.4, 0.5) is 0 Å². The third-order valence-corrected chi connectivity index (χ3v) is 2.26. The van der Waals surface area contributed by atoms with Crippen molar-refractivity contribution in [3.63, 3.8) is 0 Å². The highest BCUT2D eigenvalue weighted by Gasteiger charge is 2.13. The lowest BCUT2D eigenvalue weighted by molar-refractivity contribution is -0.138. The van der Waals surface area contributed by atoms with Gasteiger partial charge in [-0.1, -0.05) is 18.7 Å². The summed E-state index contributed by atoms with van der Waals surface area (Å²) in [6, 6.07) is 6.37. The molecule has 4 nitrogen and oxygen atoms in total. The fourth-order valence-electron chi connectivity index (χ4n) is 1.31. The van der Waals surface area contributed by atoms with Crippen molar-refractivity contribution in [1.29, 1.82) is 0 Å². The third-order valence-electron chi connectivity index (χ3n) is 2.26. The Labute approximate surface area is 94.3 Å². The molecule has 86 valence electrons. The number of benzene rings is 1. The van der Waals surface area contributed by atoms with Gasteiger partial charge in [-0.3, -0.25) is 4.79 Å². The molecule has 3 N–H and O–H groups in total. The second kappa shape index (κ2) is 5.32. The summed E-state index contributed by atoms with van der Waals surface area (Å²) in [7, 11) is 1.57. The highest BCUT2D eigenvalue weighted by atomic mass is 16.5. The van der Waals surface area contributed by atoms with E-state index in [1.165, 1.54) is 0 Å². The SMILES string of the molecule is C=C(CC(N)C(=O)O)c1cccc(OC)c1. The van der Waals surface area contributed by atoms with Crippen LogP contribution in [0.5, 0.6) is 5.75 Å². The van der Waals surface area contributed by atoms with E-state index in [4.69, 9.17) is 15.6 Å². The first-order chi connectivity index (χ1) is 7.54. The summed E-state index contributed by atoms with van der Waals surface area (Å²) in [6.45, 7) is 3.82. The molecule has 0 amide bonds. The Morgan fingerprint density at radius 3 is 2.88 bits per heavy atom. The van der Waals surface area contributed by atoms with Gasteiger partial charge in [-0.05, 0) is 29.7 Å². The van der Waals surface area contributed by atoms with Gasteiger partial charge in [0, 0.05) is 0 Å². The smallest absolute Gasteiger partial charge is 0.320 e. The summed E-state index contributed by atoms with van der Waals surface area (Å²) < 4.78 is 5.07. The van der Waals surface area contributed by atoms with Gasteiger partial charge in [0.15, 0.2) is 0 Å². The lowest BCUT2D eigenvalue weighted by atomic mass is 10.0. The van der Waals surface area contributed by atoms with Gasteiger partial charge in [0.05, 0.1) is 7.11 Å². The quantitative estimate of drug-likeness (QED) is 0.790. The molecule has 1 rings (SSSR count). The van der Waals surface area contributed by atoms with Gasteiger partial charge in [0.25, 0.3) is 0 Å². The molecule has 0 heterocycles.